The highest BCUT2D eigenvalue weighted by atomic mass is 32.2. The molecule has 1 unspecified atom stereocenters. The molecule has 0 fully saturated rings. The Balaban J connectivity index is 1.59. The molecule has 3 aromatic rings. The largest absolute Gasteiger partial charge is 0.308 e. The summed E-state index contributed by atoms with van der Waals surface area (Å²) in [5.41, 5.74) is 2.99. The van der Waals surface area contributed by atoms with Gasteiger partial charge >= 0.3 is 0 Å². The molecule has 182 valence electrons. The van der Waals surface area contributed by atoms with E-state index in [0.29, 0.717) is 5.92 Å². The molecule has 0 saturated carbocycles. The lowest BCUT2D eigenvalue weighted by molar-refractivity contribution is 0.410. The fraction of sp³-hybridized carbons (Fsp3) is 0.267. The van der Waals surface area contributed by atoms with Crippen LogP contribution in [0.3, 0.4) is 0 Å². The lowest BCUT2D eigenvalue weighted by Crippen LogP contribution is -2.39. The summed E-state index contributed by atoms with van der Waals surface area (Å²) in [5.74, 6) is 0.571. The van der Waals surface area contributed by atoms with Crippen LogP contribution in [0.15, 0.2) is 114 Å². The summed E-state index contributed by atoms with van der Waals surface area (Å²) < 4.78 is 29.9. The van der Waals surface area contributed by atoms with Gasteiger partial charge in [0.1, 0.15) is 0 Å². The third-order valence-corrected chi connectivity index (χ3v) is 7.91. The molecule has 1 aliphatic carbocycles. The van der Waals surface area contributed by atoms with E-state index in [1.807, 2.05) is 67.6 Å². The molecule has 0 amide bonds. The van der Waals surface area contributed by atoms with E-state index >= 15 is 0 Å². The summed E-state index contributed by atoms with van der Waals surface area (Å²) in [5, 5.41) is 3.69. The van der Waals surface area contributed by atoms with Crippen molar-refractivity contribution >= 4 is 10.0 Å². The molecule has 3 aromatic carbocycles. The Hall–Kier alpha value is -2.99. The highest BCUT2D eigenvalue weighted by Gasteiger charge is 2.29. The van der Waals surface area contributed by atoms with Crippen LogP contribution < -0.4 is 10.0 Å². The molecular formula is C30H34N2O2S. The first-order valence-corrected chi connectivity index (χ1v) is 13.8. The second-order valence-electron chi connectivity index (χ2n) is 9.12. The minimum Gasteiger partial charge on any atom is -0.308 e. The Bertz CT molecular complexity index is 1220. The zero-order valence-electron chi connectivity index (χ0n) is 20.2. The molecule has 0 aromatic heterocycles. The van der Waals surface area contributed by atoms with Crippen LogP contribution in [0.5, 0.6) is 0 Å². The number of hydrogen-bond acceptors (Lipinski definition) is 3. The van der Waals surface area contributed by atoms with E-state index in [9.17, 15) is 8.42 Å². The van der Waals surface area contributed by atoms with Gasteiger partial charge < -0.3 is 5.32 Å². The zero-order valence-corrected chi connectivity index (χ0v) is 21.0. The van der Waals surface area contributed by atoms with E-state index in [1.165, 1.54) is 0 Å². The summed E-state index contributed by atoms with van der Waals surface area (Å²) in [7, 11) is -3.73. The highest BCUT2D eigenvalue weighted by Crippen LogP contribution is 2.31. The van der Waals surface area contributed by atoms with Crippen molar-refractivity contribution in [1.29, 1.82) is 0 Å². The standard InChI is InChI=1S/C30H34N2O2S/c1-24-19-21-28(22-20-24)35(33,34)32-30(27-17-9-4-10-18-27)29(26-15-7-3-8-16-26)31-23-11-14-25-12-5-2-6-13-25/h2-10,12,15-22,25,29-32H,11,13-14,23H2,1H3/t25?,29-,30-/m1/s1. The van der Waals surface area contributed by atoms with Crippen molar-refractivity contribution in [2.75, 3.05) is 6.54 Å². The van der Waals surface area contributed by atoms with Crippen molar-refractivity contribution in [3.05, 3.63) is 126 Å². The van der Waals surface area contributed by atoms with Crippen molar-refractivity contribution in [3.8, 4) is 0 Å². The minimum atomic E-state index is -3.73. The summed E-state index contributed by atoms with van der Waals surface area (Å²) in [4.78, 5) is 0.271. The Labute approximate surface area is 209 Å². The predicted octanol–water partition coefficient (Wildman–Crippen LogP) is 6.26. The Kier molecular flexibility index (Phi) is 8.69. The molecule has 35 heavy (non-hydrogen) atoms. The minimum absolute atomic E-state index is 0.222. The number of aryl methyl sites for hydroxylation is 1. The summed E-state index contributed by atoms with van der Waals surface area (Å²) >= 11 is 0. The summed E-state index contributed by atoms with van der Waals surface area (Å²) in [6.07, 6.45) is 11.9. The maximum atomic E-state index is 13.4. The second kappa shape index (κ2) is 12.1. The molecule has 0 bridgehead atoms. The molecule has 0 radical (unpaired) electrons. The first kappa shape index (κ1) is 25.1. The first-order valence-electron chi connectivity index (χ1n) is 12.3. The lowest BCUT2D eigenvalue weighted by atomic mass is 9.93. The van der Waals surface area contributed by atoms with Gasteiger partial charge in [0.15, 0.2) is 0 Å². The molecular weight excluding hydrogens is 452 g/mol. The maximum Gasteiger partial charge on any atom is 0.241 e. The van der Waals surface area contributed by atoms with Crippen LogP contribution in [0.2, 0.25) is 0 Å². The van der Waals surface area contributed by atoms with Crippen LogP contribution in [-0.2, 0) is 10.0 Å². The SMILES string of the molecule is Cc1ccc(S(=O)(=O)N[C@H](c2ccccc2)[C@H](NCCCC2C=CC=CC2)c2ccccc2)cc1. The maximum absolute atomic E-state index is 13.4. The average Bonchev–Trinajstić information content (AvgIpc) is 2.89. The van der Waals surface area contributed by atoms with Crippen molar-refractivity contribution in [3.63, 3.8) is 0 Å². The Morgan fingerprint density at radius 1 is 0.829 bits per heavy atom. The van der Waals surface area contributed by atoms with Gasteiger partial charge in [-0.05, 0) is 61.9 Å². The average molecular weight is 487 g/mol. The van der Waals surface area contributed by atoms with Crippen molar-refractivity contribution < 1.29 is 8.42 Å². The molecule has 4 nitrogen and oxygen atoms in total. The molecule has 0 aliphatic heterocycles. The fourth-order valence-corrected chi connectivity index (χ4v) is 5.73. The van der Waals surface area contributed by atoms with Gasteiger partial charge in [0.05, 0.1) is 17.0 Å². The number of rotatable bonds is 11. The quantitative estimate of drug-likeness (QED) is 0.315. The topological polar surface area (TPSA) is 58.2 Å². The smallest absolute Gasteiger partial charge is 0.241 e. The van der Waals surface area contributed by atoms with Crippen molar-refractivity contribution in [2.45, 2.75) is 43.2 Å². The summed E-state index contributed by atoms with van der Waals surface area (Å²) in [6.45, 7) is 2.74. The van der Waals surface area contributed by atoms with Gasteiger partial charge in [-0.15, -0.1) is 0 Å². The fourth-order valence-electron chi connectivity index (χ4n) is 4.50. The Morgan fingerprint density at radius 2 is 1.46 bits per heavy atom. The number of sulfonamides is 1. The van der Waals surface area contributed by atoms with Crippen LogP contribution in [0.25, 0.3) is 0 Å². The number of allylic oxidation sites excluding steroid dienone is 4. The highest BCUT2D eigenvalue weighted by molar-refractivity contribution is 7.89. The van der Waals surface area contributed by atoms with Gasteiger partial charge in [0, 0.05) is 0 Å². The number of nitrogens with one attached hydrogen (secondary N) is 2. The van der Waals surface area contributed by atoms with E-state index in [2.05, 4.69) is 46.5 Å². The second-order valence-corrected chi connectivity index (χ2v) is 10.8. The van der Waals surface area contributed by atoms with Gasteiger partial charge in [-0.2, -0.15) is 0 Å². The number of benzene rings is 3. The van der Waals surface area contributed by atoms with Gasteiger partial charge in [-0.3, -0.25) is 0 Å². The number of hydrogen-bond donors (Lipinski definition) is 2. The van der Waals surface area contributed by atoms with E-state index in [0.717, 1.165) is 42.5 Å². The van der Waals surface area contributed by atoms with Crippen LogP contribution in [0.1, 0.15) is 48.0 Å². The molecule has 0 heterocycles. The molecule has 0 saturated heterocycles. The first-order chi connectivity index (χ1) is 17.0. The van der Waals surface area contributed by atoms with E-state index in [1.54, 1.807) is 12.1 Å². The summed E-state index contributed by atoms with van der Waals surface area (Å²) in [6, 6.07) is 26.2. The molecule has 1 aliphatic rings. The lowest BCUT2D eigenvalue weighted by Gasteiger charge is -2.30. The molecule has 3 atom stereocenters. The van der Waals surface area contributed by atoms with E-state index in [4.69, 9.17) is 0 Å². The van der Waals surface area contributed by atoms with E-state index < -0.39 is 16.1 Å². The van der Waals surface area contributed by atoms with Gasteiger partial charge in [-0.25, -0.2) is 13.1 Å². The molecule has 5 heteroatoms. The molecule has 4 rings (SSSR count). The van der Waals surface area contributed by atoms with Crippen LogP contribution in [0.4, 0.5) is 0 Å². The molecule has 0 spiro atoms. The van der Waals surface area contributed by atoms with Gasteiger partial charge in [0.2, 0.25) is 10.0 Å². The van der Waals surface area contributed by atoms with Crippen LogP contribution in [-0.4, -0.2) is 15.0 Å². The predicted molar refractivity (Wildman–Crippen MR) is 143 cm³/mol. The molecule has 2 N–H and O–H groups in total. The van der Waals surface area contributed by atoms with Crippen LogP contribution in [0, 0.1) is 12.8 Å². The monoisotopic (exact) mass is 486 g/mol. The van der Waals surface area contributed by atoms with Gasteiger partial charge in [0.25, 0.3) is 0 Å². The third-order valence-electron chi connectivity index (χ3n) is 6.45. The zero-order chi connectivity index (χ0) is 24.5. The van der Waals surface area contributed by atoms with E-state index in [-0.39, 0.29) is 10.9 Å². The Morgan fingerprint density at radius 3 is 2.06 bits per heavy atom. The van der Waals surface area contributed by atoms with Gasteiger partial charge in [-0.1, -0.05) is 103 Å². The third kappa shape index (κ3) is 7.01. The van der Waals surface area contributed by atoms with Crippen molar-refractivity contribution in [2.24, 2.45) is 5.92 Å². The van der Waals surface area contributed by atoms with Crippen molar-refractivity contribution in [1.82, 2.24) is 10.0 Å². The van der Waals surface area contributed by atoms with Crippen LogP contribution >= 0.6 is 0 Å². The normalized spacial score (nSPS) is 17.2.